The summed E-state index contributed by atoms with van der Waals surface area (Å²) in [5, 5.41) is 2.98. The lowest BCUT2D eigenvalue weighted by Crippen LogP contribution is -2.48. The van der Waals surface area contributed by atoms with Crippen LogP contribution in [0, 0.1) is 5.82 Å². The summed E-state index contributed by atoms with van der Waals surface area (Å²) >= 11 is 0. The monoisotopic (exact) mass is 348 g/mol. The minimum Gasteiger partial charge on any atom is -0.351 e. The van der Waals surface area contributed by atoms with Crippen molar-refractivity contribution in [2.45, 2.75) is 6.04 Å². The smallest absolute Gasteiger partial charge is 0.243 e. The van der Waals surface area contributed by atoms with Crippen molar-refractivity contribution >= 4 is 5.91 Å². The maximum Gasteiger partial charge on any atom is 0.243 e. The van der Waals surface area contributed by atoms with Gasteiger partial charge < -0.3 is 15.1 Å². The number of halogens is 1. The Morgan fingerprint density at radius 3 is 2.48 bits per heavy atom. The molecule has 0 aromatic heterocycles. The molecule has 1 aromatic rings. The van der Waals surface area contributed by atoms with Crippen molar-refractivity contribution in [2.24, 2.45) is 0 Å². The molecule has 25 heavy (non-hydrogen) atoms. The summed E-state index contributed by atoms with van der Waals surface area (Å²) in [4.78, 5) is 18.7. The number of amides is 1. The van der Waals surface area contributed by atoms with Crippen molar-refractivity contribution in [3.63, 3.8) is 0 Å². The van der Waals surface area contributed by atoms with E-state index >= 15 is 0 Å². The molecule has 0 aliphatic carbocycles. The molecule has 1 heterocycles. The Kier molecular flexibility index (Phi) is 7.55. The number of nitrogens with one attached hydrogen (secondary N) is 1. The molecule has 2 rings (SSSR count). The first-order valence-corrected chi connectivity index (χ1v) is 8.73. The van der Waals surface area contributed by atoms with Crippen LogP contribution in [-0.2, 0) is 4.79 Å². The van der Waals surface area contributed by atoms with Crippen LogP contribution in [0.4, 0.5) is 4.39 Å². The van der Waals surface area contributed by atoms with Crippen LogP contribution in [0.15, 0.2) is 36.4 Å². The van der Waals surface area contributed by atoms with Crippen molar-refractivity contribution < 1.29 is 9.18 Å². The Bertz CT molecular complexity index is 565. The number of hydrogen-bond donors (Lipinski definition) is 1. The van der Waals surface area contributed by atoms with E-state index in [0.717, 1.165) is 38.3 Å². The maximum atomic E-state index is 13.3. The third-order valence-electron chi connectivity index (χ3n) is 4.44. The molecule has 0 saturated carbocycles. The van der Waals surface area contributed by atoms with Gasteiger partial charge in [-0.3, -0.25) is 9.69 Å². The molecule has 0 radical (unpaired) electrons. The van der Waals surface area contributed by atoms with E-state index in [9.17, 15) is 9.18 Å². The highest BCUT2D eigenvalue weighted by Crippen LogP contribution is 2.22. The van der Waals surface area contributed by atoms with Crippen molar-refractivity contribution in [2.75, 3.05) is 60.4 Å². The molecule has 1 unspecified atom stereocenters. The van der Waals surface area contributed by atoms with Gasteiger partial charge in [0.15, 0.2) is 0 Å². The first kappa shape index (κ1) is 19.6. The van der Waals surface area contributed by atoms with E-state index < -0.39 is 0 Å². The Balaban J connectivity index is 2.00. The highest BCUT2D eigenvalue weighted by atomic mass is 19.1. The summed E-state index contributed by atoms with van der Waals surface area (Å²) in [5.41, 5.74) is 1.03. The maximum absolute atomic E-state index is 13.3. The minimum atomic E-state index is -0.239. The fraction of sp³-hybridized carbons (Fsp3) is 0.526. The fourth-order valence-corrected chi connectivity index (χ4v) is 2.90. The molecule has 1 aliphatic rings. The molecule has 5 nitrogen and oxygen atoms in total. The highest BCUT2D eigenvalue weighted by molar-refractivity contribution is 5.87. The number of nitrogens with zero attached hydrogens (tertiary/aromatic N) is 3. The molecule has 1 aromatic carbocycles. The summed E-state index contributed by atoms with van der Waals surface area (Å²) < 4.78 is 13.3. The van der Waals surface area contributed by atoms with Crippen molar-refractivity contribution in [3.05, 3.63) is 47.8 Å². The molecular weight excluding hydrogens is 319 g/mol. The average molecular weight is 348 g/mol. The van der Waals surface area contributed by atoms with Crippen LogP contribution in [0.3, 0.4) is 0 Å². The van der Waals surface area contributed by atoms with E-state index in [4.69, 9.17) is 0 Å². The first-order valence-electron chi connectivity index (χ1n) is 8.73. The van der Waals surface area contributed by atoms with Crippen molar-refractivity contribution in [3.8, 4) is 0 Å². The van der Waals surface area contributed by atoms with E-state index in [1.165, 1.54) is 12.1 Å². The van der Waals surface area contributed by atoms with Gasteiger partial charge in [0.05, 0.1) is 6.04 Å². The van der Waals surface area contributed by atoms with Gasteiger partial charge in [0.25, 0.3) is 0 Å². The lowest BCUT2D eigenvalue weighted by molar-refractivity contribution is -0.116. The lowest BCUT2D eigenvalue weighted by Gasteiger charge is -2.38. The minimum absolute atomic E-state index is 0.0560. The number of carbonyl (C=O) groups is 1. The van der Waals surface area contributed by atoms with Gasteiger partial charge in [-0.05, 0) is 38.8 Å². The molecule has 1 atom stereocenters. The Morgan fingerprint density at radius 1 is 1.24 bits per heavy atom. The van der Waals surface area contributed by atoms with Crippen LogP contribution in [-0.4, -0.2) is 81.0 Å². The molecule has 1 saturated heterocycles. The first-order chi connectivity index (χ1) is 12.0. The van der Waals surface area contributed by atoms with Crippen LogP contribution in [0.25, 0.3) is 0 Å². The number of likely N-dealkylation sites (N-methyl/N-ethyl adjacent to an activating group) is 2. The van der Waals surface area contributed by atoms with E-state index in [-0.39, 0.29) is 17.8 Å². The van der Waals surface area contributed by atoms with E-state index in [2.05, 4.69) is 22.2 Å². The lowest BCUT2D eigenvalue weighted by atomic mass is 10.0. The van der Waals surface area contributed by atoms with Crippen LogP contribution < -0.4 is 5.32 Å². The standard InChI is InChI=1S/C19H29FN4O/c1-22(2)10-4-5-19(25)21-15-18(16-6-8-17(20)9-7-16)24-13-11-23(3)12-14-24/h4-9,18H,10-15H2,1-3H3,(H,21,25)/b5-4+. The zero-order valence-electron chi connectivity index (χ0n) is 15.4. The summed E-state index contributed by atoms with van der Waals surface area (Å²) in [6.07, 6.45) is 3.42. The summed E-state index contributed by atoms with van der Waals surface area (Å²) in [5.74, 6) is -0.334. The molecule has 138 valence electrons. The van der Waals surface area contributed by atoms with Gasteiger partial charge in [0.2, 0.25) is 5.91 Å². The van der Waals surface area contributed by atoms with Gasteiger partial charge in [-0.15, -0.1) is 0 Å². The Morgan fingerprint density at radius 2 is 1.88 bits per heavy atom. The summed E-state index contributed by atoms with van der Waals surface area (Å²) in [6.45, 7) is 5.10. The largest absolute Gasteiger partial charge is 0.351 e. The number of benzene rings is 1. The third-order valence-corrected chi connectivity index (χ3v) is 4.44. The quantitative estimate of drug-likeness (QED) is 0.755. The summed E-state index contributed by atoms with van der Waals surface area (Å²) in [7, 11) is 6.03. The SMILES string of the molecule is CN(C)C/C=C/C(=O)NCC(c1ccc(F)cc1)N1CCN(C)CC1. The summed E-state index contributed by atoms with van der Waals surface area (Å²) in [6, 6.07) is 6.65. The second kappa shape index (κ2) is 9.65. The molecule has 6 heteroatoms. The van der Waals surface area contributed by atoms with Gasteiger partial charge >= 0.3 is 0 Å². The molecule has 1 N–H and O–H groups in total. The molecule has 0 spiro atoms. The molecule has 1 aliphatic heterocycles. The molecule has 1 amide bonds. The predicted octanol–water partition coefficient (Wildman–Crippen LogP) is 1.35. The van der Waals surface area contributed by atoms with Crippen LogP contribution in [0.2, 0.25) is 0 Å². The molecule has 1 fully saturated rings. The predicted molar refractivity (Wildman–Crippen MR) is 98.9 cm³/mol. The van der Waals surface area contributed by atoms with Crippen LogP contribution >= 0.6 is 0 Å². The highest BCUT2D eigenvalue weighted by Gasteiger charge is 2.24. The normalized spacial score (nSPS) is 18.0. The average Bonchev–Trinajstić information content (AvgIpc) is 2.57. The third kappa shape index (κ3) is 6.57. The number of carbonyl (C=O) groups excluding carboxylic acids is 1. The van der Waals surface area contributed by atoms with Crippen LogP contribution in [0.5, 0.6) is 0 Å². The van der Waals surface area contributed by atoms with Gasteiger partial charge in [-0.25, -0.2) is 4.39 Å². The van der Waals surface area contributed by atoms with Crippen LogP contribution in [0.1, 0.15) is 11.6 Å². The van der Waals surface area contributed by atoms with Gasteiger partial charge in [-0.2, -0.15) is 0 Å². The molecule has 0 bridgehead atoms. The fourth-order valence-electron chi connectivity index (χ4n) is 2.90. The van der Waals surface area contributed by atoms with E-state index in [0.29, 0.717) is 6.54 Å². The van der Waals surface area contributed by atoms with Gasteiger partial charge in [0, 0.05) is 45.3 Å². The van der Waals surface area contributed by atoms with Crippen molar-refractivity contribution in [1.29, 1.82) is 0 Å². The van der Waals surface area contributed by atoms with Crippen molar-refractivity contribution in [1.82, 2.24) is 20.0 Å². The van der Waals surface area contributed by atoms with Gasteiger partial charge in [0.1, 0.15) is 5.82 Å². The number of piperazine rings is 1. The second-order valence-corrected chi connectivity index (χ2v) is 6.82. The zero-order valence-corrected chi connectivity index (χ0v) is 15.4. The Labute approximate surface area is 150 Å². The van der Waals surface area contributed by atoms with E-state index in [1.54, 1.807) is 6.08 Å². The van der Waals surface area contributed by atoms with E-state index in [1.807, 2.05) is 37.2 Å². The number of rotatable bonds is 7. The second-order valence-electron chi connectivity index (χ2n) is 6.82. The zero-order chi connectivity index (χ0) is 18.2. The Hall–Kier alpha value is -1.76. The van der Waals surface area contributed by atoms with Gasteiger partial charge in [-0.1, -0.05) is 18.2 Å². The molecular formula is C19H29FN4O. The topological polar surface area (TPSA) is 38.8 Å². The number of hydrogen-bond acceptors (Lipinski definition) is 4.